The van der Waals surface area contributed by atoms with E-state index in [4.69, 9.17) is 34.1 Å². The number of aliphatic imine (C=N–C) groups is 1. The van der Waals surface area contributed by atoms with Crippen molar-refractivity contribution < 1.29 is 46.8 Å². The topological polar surface area (TPSA) is 32.6 Å². The van der Waals surface area contributed by atoms with Gasteiger partial charge in [-0.2, -0.15) is 0 Å². The molecule has 2 saturated carbocycles. The van der Waals surface area contributed by atoms with Crippen LogP contribution in [0, 0.1) is 67.6 Å². The van der Waals surface area contributed by atoms with Gasteiger partial charge in [0.25, 0.3) is 0 Å². The Hall–Kier alpha value is -1.42. The van der Waals surface area contributed by atoms with Gasteiger partial charge in [0.05, 0.1) is 5.69 Å². The average molecular weight is 944 g/mol. The monoisotopic (exact) mass is 939 g/mol. The van der Waals surface area contributed by atoms with Crippen LogP contribution in [0.25, 0.3) is 11.1 Å². The summed E-state index contributed by atoms with van der Waals surface area (Å²) < 4.78 is 0. The number of phenols is 1. The van der Waals surface area contributed by atoms with Crippen LogP contribution in [-0.4, -0.2) is 11.3 Å². The van der Waals surface area contributed by atoms with Crippen molar-refractivity contribution in [2.24, 2.45) is 45.9 Å². The first-order chi connectivity index (χ1) is 24.9. The number of nitrogens with zero attached hydrogens (tertiary/aromatic N) is 1. The number of hydrogen-bond acceptors (Lipinski definition) is 2. The molecule has 5 atom stereocenters. The van der Waals surface area contributed by atoms with Crippen LogP contribution >= 0.6 is 34.1 Å². The van der Waals surface area contributed by atoms with E-state index in [1.54, 1.807) is 6.21 Å². The molecule has 276 valence electrons. The third-order valence-electron chi connectivity index (χ3n) is 11.2. The zero-order valence-electron chi connectivity index (χ0n) is 30.7. The number of phenolic OH excluding ortho intramolecular Hbond substituents is 1. The van der Waals surface area contributed by atoms with Crippen LogP contribution in [0.5, 0.6) is 5.75 Å². The van der Waals surface area contributed by atoms with Crippen LogP contribution in [0.1, 0.15) is 56.6 Å². The molecule has 0 amide bonds. The van der Waals surface area contributed by atoms with E-state index in [1.807, 2.05) is 60.7 Å². The number of halogens is 4. The number of fused-ring (bicyclic) bond motifs is 3. The van der Waals surface area contributed by atoms with Crippen LogP contribution < -0.4 is 0 Å². The van der Waals surface area contributed by atoms with Crippen LogP contribution in [0.4, 0.5) is 5.69 Å². The number of benzene rings is 3. The van der Waals surface area contributed by atoms with Crippen molar-refractivity contribution in [1.29, 1.82) is 0 Å². The minimum atomic E-state index is -0.826. The fourth-order valence-corrected chi connectivity index (χ4v) is 8.92. The summed E-state index contributed by atoms with van der Waals surface area (Å²) in [5.74, 6) is 11.2. The summed E-state index contributed by atoms with van der Waals surface area (Å²) in [4.78, 5) is 4.64. The molecule has 4 aliphatic rings. The molecule has 3 aromatic rings. The van der Waals surface area contributed by atoms with E-state index in [0.29, 0.717) is 35.2 Å². The maximum absolute atomic E-state index is 10.9. The Balaban J connectivity index is 0.000000888. The minimum absolute atomic E-state index is 0. The number of aromatic hydroxyl groups is 1. The van der Waals surface area contributed by atoms with Gasteiger partial charge in [-0.3, -0.25) is 4.99 Å². The van der Waals surface area contributed by atoms with Crippen LogP contribution in [-0.2, 0) is 41.7 Å². The molecule has 5 unspecified atom stereocenters. The van der Waals surface area contributed by atoms with E-state index in [-0.39, 0.29) is 26.0 Å². The fourth-order valence-electron chi connectivity index (χ4n) is 8.92. The van der Waals surface area contributed by atoms with Crippen molar-refractivity contribution in [3.8, 4) is 28.7 Å². The molecular weight excluding hydrogens is 895 g/mol. The Morgan fingerprint density at radius 1 is 0.811 bits per heavy atom. The van der Waals surface area contributed by atoms with E-state index in [2.05, 4.69) is 84.5 Å². The average Bonchev–Trinajstić information content (AvgIpc) is 3.83. The Bertz CT molecular complexity index is 1740. The molecule has 0 spiro atoms. The van der Waals surface area contributed by atoms with E-state index in [9.17, 15) is 5.11 Å². The summed E-state index contributed by atoms with van der Waals surface area (Å²) in [6, 6.07) is 23.8. The number of para-hydroxylation sites is 1. The van der Waals surface area contributed by atoms with Gasteiger partial charge in [0.15, 0.2) is 0 Å². The standard InChI is InChI=1S/C43H43NO.2CH3.4ClH.2Zr/c1-43(34-18-5-6-19-34,41-39-22-9-7-20-37(39)38-21-8-10-23-40(38)41)29-12-11-14-31-25-27-35(28-26-31)44-30-33-17-13-24-36(42(33)45)32-15-3-2-4-16-32;;;;;;;;/h2-4,7-10,13,15-17,20-28,30,34,37-41,45H,5-6,12,18-19,29H2,1H3;2*1H3;4*1H;;/q;2*-1;;;;;+2;+4/p-4. The summed E-state index contributed by atoms with van der Waals surface area (Å²) in [6.07, 6.45) is 28.5. The third-order valence-corrected chi connectivity index (χ3v) is 11.2. The summed E-state index contributed by atoms with van der Waals surface area (Å²) >= 11 is -1.65. The van der Waals surface area contributed by atoms with Crippen molar-refractivity contribution in [3.63, 3.8) is 0 Å². The third kappa shape index (κ3) is 11.8. The molecule has 1 N–H and O–H groups in total. The Morgan fingerprint density at radius 3 is 1.92 bits per heavy atom. The van der Waals surface area contributed by atoms with Crippen molar-refractivity contribution in [2.75, 3.05) is 0 Å². The molecule has 3 aromatic carbocycles. The Labute approximate surface area is 356 Å². The number of allylic oxidation sites excluding steroid dienone is 8. The summed E-state index contributed by atoms with van der Waals surface area (Å²) in [5, 5.41) is 10.9. The van der Waals surface area contributed by atoms with Gasteiger partial charge in [-0.25, -0.2) is 0 Å². The van der Waals surface area contributed by atoms with Gasteiger partial charge in [0, 0.05) is 29.3 Å². The molecular formula is C45H49Cl4NOZr2. The van der Waals surface area contributed by atoms with Gasteiger partial charge in [0.1, 0.15) is 5.75 Å². The van der Waals surface area contributed by atoms with Crippen LogP contribution in [0.15, 0.2) is 126 Å². The predicted molar refractivity (Wildman–Crippen MR) is 224 cm³/mol. The zero-order valence-corrected chi connectivity index (χ0v) is 38.7. The van der Waals surface area contributed by atoms with Crippen molar-refractivity contribution >= 4 is 46.0 Å². The van der Waals surface area contributed by atoms with Gasteiger partial charge < -0.3 is 20.0 Å². The van der Waals surface area contributed by atoms with E-state index >= 15 is 0 Å². The van der Waals surface area contributed by atoms with Gasteiger partial charge in [-0.15, -0.1) is 0 Å². The molecule has 0 saturated heterocycles. The van der Waals surface area contributed by atoms with Gasteiger partial charge >= 0.3 is 75.7 Å². The predicted octanol–water partition coefficient (Wildman–Crippen LogP) is 14.1. The SMILES string of the molecule is CC(CCC#Cc1ccc(N=Cc2cccc(-c3ccccc3)c2O)cc1)(C1CCCC1)C1C2C=CC=CC2C2C=CC=CC21.[CH3-].[CH3-].[Cl][Zr+2][Cl].[Cl][Zr][Cl]. The van der Waals surface area contributed by atoms with Gasteiger partial charge in [-0.1, -0.05) is 123 Å². The molecule has 0 radical (unpaired) electrons. The Kier molecular flexibility index (Phi) is 20.5. The second-order valence-corrected chi connectivity index (χ2v) is 21.2. The van der Waals surface area contributed by atoms with Gasteiger partial charge in [-0.05, 0) is 96.1 Å². The van der Waals surface area contributed by atoms with E-state index < -0.39 is 41.7 Å². The molecule has 2 nitrogen and oxygen atoms in total. The summed E-state index contributed by atoms with van der Waals surface area (Å²) in [6.45, 7) is 2.62. The molecule has 0 heterocycles. The Morgan fingerprint density at radius 2 is 1.36 bits per heavy atom. The second kappa shape index (κ2) is 23.6. The maximum atomic E-state index is 10.9. The first kappa shape index (κ1) is 46.0. The fraction of sp³-hybridized carbons (Fsp3) is 0.311. The first-order valence-corrected chi connectivity index (χ1v) is 30.2. The zero-order chi connectivity index (χ0) is 36.1. The molecule has 0 aliphatic heterocycles. The summed E-state index contributed by atoms with van der Waals surface area (Å²) in [5.41, 5.74) is 4.63. The van der Waals surface area contributed by atoms with E-state index in [0.717, 1.165) is 41.1 Å². The molecule has 0 bridgehead atoms. The second-order valence-electron chi connectivity index (χ2n) is 13.7. The number of hydrogen-bond donors (Lipinski definition) is 1. The molecule has 0 aromatic heterocycles. The molecule has 2 fully saturated rings. The first-order valence-electron chi connectivity index (χ1n) is 17.6. The van der Waals surface area contributed by atoms with Crippen molar-refractivity contribution in [1.82, 2.24) is 0 Å². The molecule has 53 heavy (non-hydrogen) atoms. The summed E-state index contributed by atoms with van der Waals surface area (Å²) in [7, 11) is 19.7. The van der Waals surface area contributed by atoms with Crippen LogP contribution in [0.2, 0.25) is 0 Å². The molecule has 7 rings (SSSR count). The van der Waals surface area contributed by atoms with Crippen molar-refractivity contribution in [2.45, 2.75) is 45.4 Å². The van der Waals surface area contributed by atoms with E-state index in [1.165, 1.54) is 25.7 Å². The van der Waals surface area contributed by atoms with Crippen LogP contribution in [0.3, 0.4) is 0 Å². The quantitative estimate of drug-likeness (QED) is 0.143. The molecule has 4 aliphatic carbocycles. The van der Waals surface area contributed by atoms with Crippen molar-refractivity contribution in [3.05, 3.63) is 147 Å². The number of rotatable bonds is 7. The normalized spacial score (nSPS) is 22.8. The molecule has 8 heteroatoms. The van der Waals surface area contributed by atoms with Gasteiger partial charge in [0.2, 0.25) is 0 Å².